The lowest BCUT2D eigenvalue weighted by Crippen LogP contribution is -2.12. The van der Waals surface area contributed by atoms with Crippen LogP contribution in [0.3, 0.4) is 0 Å². The summed E-state index contributed by atoms with van der Waals surface area (Å²) in [7, 11) is 0. The molecule has 116 valence electrons. The average molecular weight is 387 g/mol. The van der Waals surface area contributed by atoms with E-state index in [4.69, 9.17) is 0 Å². The van der Waals surface area contributed by atoms with Gasteiger partial charge in [-0.15, -0.1) is 11.3 Å². The van der Waals surface area contributed by atoms with Crippen molar-refractivity contribution in [3.05, 3.63) is 69.0 Å². The van der Waals surface area contributed by atoms with Crippen molar-refractivity contribution in [3.8, 4) is 11.3 Å². The zero-order chi connectivity index (χ0) is 16.1. The molecular formula is C17H15BrN4S. The van der Waals surface area contributed by atoms with Crippen molar-refractivity contribution in [3.63, 3.8) is 0 Å². The lowest BCUT2D eigenvalue weighted by atomic mass is 10.2. The molecule has 6 heteroatoms. The van der Waals surface area contributed by atoms with E-state index in [9.17, 15) is 0 Å². The molecule has 2 heterocycles. The van der Waals surface area contributed by atoms with Crippen LogP contribution in [0, 0.1) is 0 Å². The Balaban J connectivity index is 2.08. The van der Waals surface area contributed by atoms with Gasteiger partial charge in [-0.2, -0.15) is 5.10 Å². The molecule has 3 rings (SSSR count). The maximum Gasteiger partial charge on any atom is 0.206 e. The molecule has 0 saturated carbocycles. The average Bonchev–Trinajstić information content (AvgIpc) is 2.97. The minimum absolute atomic E-state index is 0.723. The van der Waals surface area contributed by atoms with E-state index in [-0.39, 0.29) is 0 Å². The van der Waals surface area contributed by atoms with Crippen LogP contribution in [0.2, 0.25) is 0 Å². The minimum Gasteiger partial charge on any atom is -0.264 e. The van der Waals surface area contributed by atoms with E-state index in [0.29, 0.717) is 0 Å². The summed E-state index contributed by atoms with van der Waals surface area (Å²) >= 11 is 5.11. The number of aromatic nitrogens is 2. The monoisotopic (exact) mass is 386 g/mol. The molecule has 1 aromatic carbocycles. The minimum atomic E-state index is 0.723. The highest BCUT2D eigenvalue weighted by atomic mass is 79.9. The smallest absolute Gasteiger partial charge is 0.206 e. The predicted molar refractivity (Wildman–Crippen MR) is 98.8 cm³/mol. The molecule has 3 aromatic rings. The van der Waals surface area contributed by atoms with Crippen LogP contribution >= 0.6 is 27.3 Å². The highest BCUT2D eigenvalue weighted by Gasteiger charge is 2.07. The molecule has 0 fully saturated rings. The summed E-state index contributed by atoms with van der Waals surface area (Å²) in [6.45, 7) is 2.74. The second-order valence-corrected chi connectivity index (χ2v) is 6.48. The van der Waals surface area contributed by atoms with E-state index in [1.165, 1.54) is 0 Å². The van der Waals surface area contributed by atoms with E-state index >= 15 is 0 Å². The first-order valence-corrected chi connectivity index (χ1v) is 8.86. The van der Waals surface area contributed by atoms with Crippen molar-refractivity contribution in [2.24, 2.45) is 10.1 Å². The van der Waals surface area contributed by atoms with Gasteiger partial charge in [0.25, 0.3) is 0 Å². The summed E-state index contributed by atoms with van der Waals surface area (Å²) in [6.07, 6.45) is 5.33. The number of hydrogen-bond donors (Lipinski definition) is 0. The molecule has 0 aliphatic heterocycles. The van der Waals surface area contributed by atoms with Gasteiger partial charge in [-0.1, -0.05) is 34.1 Å². The van der Waals surface area contributed by atoms with Crippen molar-refractivity contribution < 1.29 is 0 Å². The standard InChI is InChI=1S/C17H15BrN4S/c1-2-20-17-22(21-11-13-5-4-8-19-10-13)16(12-23-17)14-6-3-7-15(18)9-14/h3-12H,2H2,1H3/b20-17?,21-11-. The van der Waals surface area contributed by atoms with Gasteiger partial charge in [-0.05, 0) is 25.1 Å². The van der Waals surface area contributed by atoms with Crippen molar-refractivity contribution in [2.75, 3.05) is 6.54 Å². The van der Waals surface area contributed by atoms with E-state index in [2.05, 4.69) is 48.5 Å². The lowest BCUT2D eigenvalue weighted by molar-refractivity contribution is 0.833. The van der Waals surface area contributed by atoms with Gasteiger partial charge in [0, 0.05) is 39.9 Å². The van der Waals surface area contributed by atoms with Gasteiger partial charge in [-0.25, -0.2) is 4.68 Å². The zero-order valence-electron chi connectivity index (χ0n) is 12.6. The van der Waals surface area contributed by atoms with Gasteiger partial charge in [0.15, 0.2) is 0 Å². The second kappa shape index (κ2) is 7.48. The van der Waals surface area contributed by atoms with Gasteiger partial charge >= 0.3 is 0 Å². The third-order valence-electron chi connectivity index (χ3n) is 3.11. The molecule has 0 aliphatic carbocycles. The Hall–Kier alpha value is -2.05. The highest BCUT2D eigenvalue weighted by Crippen LogP contribution is 2.23. The van der Waals surface area contributed by atoms with Gasteiger partial charge in [0.2, 0.25) is 4.80 Å². The first-order valence-electron chi connectivity index (χ1n) is 7.19. The Morgan fingerprint density at radius 2 is 2.22 bits per heavy atom. The first kappa shape index (κ1) is 15.8. The normalized spacial score (nSPS) is 12.2. The van der Waals surface area contributed by atoms with Gasteiger partial charge in [-0.3, -0.25) is 9.98 Å². The van der Waals surface area contributed by atoms with Crippen LogP contribution in [0.4, 0.5) is 0 Å². The van der Waals surface area contributed by atoms with Crippen LogP contribution in [0.5, 0.6) is 0 Å². The maximum atomic E-state index is 4.61. The summed E-state index contributed by atoms with van der Waals surface area (Å²) in [5.74, 6) is 0. The number of hydrogen-bond acceptors (Lipinski definition) is 4. The van der Waals surface area contributed by atoms with Crippen LogP contribution in [0.1, 0.15) is 12.5 Å². The van der Waals surface area contributed by atoms with Crippen LogP contribution in [0.25, 0.3) is 11.3 Å². The molecule has 0 unspecified atom stereocenters. The summed E-state index contributed by atoms with van der Waals surface area (Å²) in [6, 6.07) is 12.0. The second-order valence-electron chi connectivity index (χ2n) is 4.73. The summed E-state index contributed by atoms with van der Waals surface area (Å²) in [5, 5.41) is 6.69. The fourth-order valence-corrected chi connectivity index (χ4v) is 3.38. The fraction of sp³-hybridized carbons (Fsp3) is 0.118. The molecule has 0 atom stereocenters. The molecule has 0 saturated heterocycles. The zero-order valence-corrected chi connectivity index (χ0v) is 15.0. The molecule has 0 N–H and O–H groups in total. The third-order valence-corrected chi connectivity index (χ3v) is 4.45. The van der Waals surface area contributed by atoms with Gasteiger partial charge in [0.1, 0.15) is 0 Å². The fourth-order valence-electron chi connectivity index (χ4n) is 2.08. The lowest BCUT2D eigenvalue weighted by Gasteiger charge is -2.04. The van der Waals surface area contributed by atoms with Crippen molar-refractivity contribution >= 4 is 33.5 Å². The SMILES string of the molecule is CCN=c1scc(-c2cccc(Br)c2)n1/N=C\c1cccnc1. The molecule has 0 bridgehead atoms. The number of rotatable bonds is 4. The Labute approximate surface area is 147 Å². The number of nitrogens with zero attached hydrogens (tertiary/aromatic N) is 4. The van der Waals surface area contributed by atoms with Gasteiger partial charge in [0.05, 0.1) is 11.9 Å². The number of halogens is 1. The topological polar surface area (TPSA) is 42.5 Å². The largest absolute Gasteiger partial charge is 0.264 e. The van der Waals surface area contributed by atoms with Crippen LogP contribution in [-0.2, 0) is 0 Å². The predicted octanol–water partition coefficient (Wildman–Crippen LogP) is 4.18. The third kappa shape index (κ3) is 3.83. The van der Waals surface area contributed by atoms with Crippen LogP contribution in [0.15, 0.2) is 68.7 Å². The highest BCUT2D eigenvalue weighted by molar-refractivity contribution is 9.10. The van der Waals surface area contributed by atoms with E-state index in [1.807, 2.05) is 35.9 Å². The molecular weight excluding hydrogens is 372 g/mol. The number of benzene rings is 1. The maximum absolute atomic E-state index is 4.61. The van der Waals surface area contributed by atoms with Gasteiger partial charge < -0.3 is 0 Å². The van der Waals surface area contributed by atoms with Crippen molar-refractivity contribution in [1.29, 1.82) is 0 Å². The first-order chi connectivity index (χ1) is 11.3. The quantitative estimate of drug-likeness (QED) is 0.620. The van der Waals surface area contributed by atoms with E-state index in [0.717, 1.165) is 32.6 Å². The Bertz CT molecular complexity index is 881. The summed E-state index contributed by atoms with van der Waals surface area (Å²) < 4.78 is 2.92. The molecule has 0 aliphatic rings. The number of pyridine rings is 1. The molecule has 0 amide bonds. The van der Waals surface area contributed by atoms with Crippen molar-refractivity contribution in [1.82, 2.24) is 9.66 Å². The van der Waals surface area contributed by atoms with E-state index < -0.39 is 0 Å². The molecule has 2 aromatic heterocycles. The van der Waals surface area contributed by atoms with Crippen LogP contribution in [-0.4, -0.2) is 22.4 Å². The van der Waals surface area contributed by atoms with E-state index in [1.54, 1.807) is 29.9 Å². The van der Waals surface area contributed by atoms with Crippen molar-refractivity contribution in [2.45, 2.75) is 6.92 Å². The summed E-state index contributed by atoms with van der Waals surface area (Å²) in [5.41, 5.74) is 3.06. The number of thiazole rings is 1. The molecule has 0 radical (unpaired) electrons. The van der Waals surface area contributed by atoms with Crippen LogP contribution < -0.4 is 4.80 Å². The molecule has 23 heavy (non-hydrogen) atoms. The molecule has 4 nitrogen and oxygen atoms in total. The molecule has 0 spiro atoms. The summed E-state index contributed by atoms with van der Waals surface area (Å²) in [4.78, 5) is 9.51. The Kier molecular flexibility index (Phi) is 5.15. The Morgan fingerprint density at radius 3 is 2.96 bits per heavy atom. The Morgan fingerprint density at radius 1 is 1.30 bits per heavy atom.